The quantitative estimate of drug-likeness (QED) is 0.338. The molecule has 0 saturated carbocycles. The molecule has 0 radical (unpaired) electrons. The first-order valence-electron chi connectivity index (χ1n) is 4.82. The van der Waals surface area contributed by atoms with Crippen molar-refractivity contribution in [3.63, 3.8) is 0 Å². The summed E-state index contributed by atoms with van der Waals surface area (Å²) in [6, 6.07) is 7.94. The second-order valence-corrected chi connectivity index (χ2v) is 3.98. The van der Waals surface area contributed by atoms with Gasteiger partial charge < -0.3 is 10.5 Å². The summed E-state index contributed by atoms with van der Waals surface area (Å²) in [6.45, 7) is 0.608. The molecule has 0 fully saturated rings. The predicted molar refractivity (Wildman–Crippen MR) is 64.9 cm³/mol. The van der Waals surface area contributed by atoms with Crippen molar-refractivity contribution in [3.8, 4) is 5.75 Å². The zero-order chi connectivity index (χ0) is 11.1. The van der Waals surface area contributed by atoms with Gasteiger partial charge in [-0.1, -0.05) is 12.1 Å². The Balaban J connectivity index is 2.39. The van der Waals surface area contributed by atoms with Gasteiger partial charge in [-0.2, -0.15) is 0 Å². The fourth-order valence-corrected chi connectivity index (χ4v) is 1.73. The van der Waals surface area contributed by atoms with E-state index < -0.39 is 0 Å². The molecule has 0 atom stereocenters. The number of nitrogens with one attached hydrogen (secondary N) is 1. The van der Waals surface area contributed by atoms with Crippen molar-refractivity contribution in [2.45, 2.75) is 17.7 Å². The van der Waals surface area contributed by atoms with Crippen LogP contribution in [-0.2, 0) is 0 Å². The van der Waals surface area contributed by atoms with Crippen molar-refractivity contribution in [1.82, 2.24) is 0 Å². The van der Waals surface area contributed by atoms with Gasteiger partial charge >= 0.3 is 0 Å². The molecule has 3 nitrogen and oxygen atoms in total. The maximum absolute atomic E-state index is 7.07. The second kappa shape index (κ2) is 6.35. The lowest BCUT2D eigenvalue weighted by Gasteiger charge is -2.09. The van der Waals surface area contributed by atoms with Gasteiger partial charge in [-0.15, -0.1) is 11.8 Å². The van der Waals surface area contributed by atoms with Crippen LogP contribution in [0.4, 0.5) is 0 Å². The minimum atomic E-state index is 0.219. The minimum absolute atomic E-state index is 0.219. The molecule has 0 spiro atoms. The number of amidine groups is 1. The van der Waals surface area contributed by atoms with E-state index >= 15 is 0 Å². The molecule has 0 aliphatic heterocycles. The van der Waals surface area contributed by atoms with E-state index in [4.69, 9.17) is 15.9 Å². The molecule has 0 aliphatic carbocycles. The molecule has 1 aromatic carbocycles. The number of para-hydroxylation sites is 1. The van der Waals surface area contributed by atoms with E-state index in [1.54, 1.807) is 11.8 Å². The minimum Gasteiger partial charge on any atom is -0.492 e. The average Bonchev–Trinajstić information content (AvgIpc) is 2.24. The Morgan fingerprint density at radius 2 is 2.20 bits per heavy atom. The molecule has 3 N–H and O–H groups in total. The molecule has 0 aliphatic rings. The van der Waals surface area contributed by atoms with Gasteiger partial charge in [0.15, 0.2) is 0 Å². The smallest absolute Gasteiger partial charge is 0.132 e. The largest absolute Gasteiger partial charge is 0.492 e. The number of hydrogen-bond acceptors (Lipinski definition) is 3. The Bertz CT molecular complexity index is 328. The van der Waals surface area contributed by atoms with E-state index in [2.05, 4.69) is 0 Å². The Hall–Kier alpha value is -1.16. The Kier molecular flexibility index (Phi) is 5.04. The summed E-state index contributed by atoms with van der Waals surface area (Å²) in [5.41, 5.74) is 5.25. The van der Waals surface area contributed by atoms with Gasteiger partial charge in [0.1, 0.15) is 5.75 Å². The van der Waals surface area contributed by atoms with Crippen LogP contribution in [0.25, 0.3) is 0 Å². The first kappa shape index (κ1) is 11.9. The number of rotatable bonds is 6. The van der Waals surface area contributed by atoms with Crippen LogP contribution in [0.3, 0.4) is 0 Å². The van der Waals surface area contributed by atoms with Gasteiger partial charge in [0.2, 0.25) is 0 Å². The van der Waals surface area contributed by atoms with Gasteiger partial charge in [0.25, 0.3) is 0 Å². The van der Waals surface area contributed by atoms with Gasteiger partial charge in [0, 0.05) is 11.3 Å². The molecule has 0 saturated heterocycles. The number of ether oxygens (including phenoxy) is 1. The fraction of sp³-hybridized carbons (Fsp3) is 0.364. The van der Waals surface area contributed by atoms with E-state index in [0.717, 1.165) is 17.1 Å². The maximum atomic E-state index is 7.07. The number of benzene rings is 1. The highest BCUT2D eigenvalue weighted by molar-refractivity contribution is 7.98. The Morgan fingerprint density at radius 1 is 1.47 bits per heavy atom. The third kappa shape index (κ3) is 4.25. The van der Waals surface area contributed by atoms with E-state index in [-0.39, 0.29) is 5.84 Å². The van der Waals surface area contributed by atoms with Crippen LogP contribution < -0.4 is 10.5 Å². The lowest BCUT2D eigenvalue weighted by Crippen LogP contribution is -2.11. The van der Waals surface area contributed by atoms with Crippen molar-refractivity contribution in [2.75, 3.05) is 12.9 Å². The highest BCUT2D eigenvalue weighted by atomic mass is 32.2. The topological polar surface area (TPSA) is 59.1 Å². The molecule has 0 heterocycles. The van der Waals surface area contributed by atoms with Crippen molar-refractivity contribution in [3.05, 3.63) is 24.3 Å². The molecular weight excluding hydrogens is 208 g/mol. The summed E-state index contributed by atoms with van der Waals surface area (Å²) in [4.78, 5) is 1.14. The second-order valence-electron chi connectivity index (χ2n) is 3.13. The fourth-order valence-electron chi connectivity index (χ4n) is 1.18. The maximum Gasteiger partial charge on any atom is 0.132 e. The molecule has 4 heteroatoms. The lowest BCUT2D eigenvalue weighted by molar-refractivity contribution is 0.306. The van der Waals surface area contributed by atoms with E-state index in [0.29, 0.717) is 13.0 Å². The van der Waals surface area contributed by atoms with Gasteiger partial charge in [-0.05, 0) is 24.8 Å². The summed E-state index contributed by atoms with van der Waals surface area (Å²) in [7, 11) is 0. The molecule has 1 aromatic rings. The van der Waals surface area contributed by atoms with Crippen LogP contribution in [0.1, 0.15) is 12.8 Å². The van der Waals surface area contributed by atoms with E-state index in [1.807, 2.05) is 30.5 Å². The Morgan fingerprint density at radius 3 is 2.87 bits per heavy atom. The standard InChI is InChI=1S/C11H16N2OS/c1-15-10-6-3-2-5-9(10)14-8-4-7-11(12)13/h2-3,5-6H,4,7-8H2,1H3,(H3,12,13). The van der Waals surface area contributed by atoms with Crippen LogP contribution in [0.5, 0.6) is 5.75 Å². The summed E-state index contributed by atoms with van der Waals surface area (Å²) < 4.78 is 5.61. The summed E-state index contributed by atoms with van der Waals surface area (Å²) in [6.07, 6.45) is 3.41. The van der Waals surface area contributed by atoms with Crippen molar-refractivity contribution in [2.24, 2.45) is 5.73 Å². The molecule has 0 unspecified atom stereocenters. The normalized spacial score (nSPS) is 9.93. The van der Waals surface area contributed by atoms with Crippen LogP contribution >= 0.6 is 11.8 Å². The van der Waals surface area contributed by atoms with Gasteiger partial charge in [-0.25, -0.2) is 0 Å². The predicted octanol–water partition coefficient (Wildman–Crippen LogP) is 2.50. The number of hydrogen-bond donors (Lipinski definition) is 2. The molecule has 0 amide bonds. The van der Waals surface area contributed by atoms with Crippen LogP contribution in [0, 0.1) is 5.41 Å². The van der Waals surface area contributed by atoms with Crippen LogP contribution in [-0.4, -0.2) is 18.7 Å². The molecule has 15 heavy (non-hydrogen) atoms. The highest BCUT2D eigenvalue weighted by Gasteiger charge is 2.00. The number of nitrogens with two attached hydrogens (primary N) is 1. The zero-order valence-corrected chi connectivity index (χ0v) is 9.64. The average molecular weight is 224 g/mol. The lowest BCUT2D eigenvalue weighted by atomic mass is 10.3. The van der Waals surface area contributed by atoms with Crippen molar-refractivity contribution >= 4 is 17.6 Å². The summed E-state index contributed by atoms with van der Waals surface area (Å²) >= 11 is 1.67. The summed E-state index contributed by atoms with van der Waals surface area (Å²) in [5.74, 6) is 1.13. The van der Waals surface area contributed by atoms with Gasteiger partial charge in [0.05, 0.1) is 12.4 Å². The van der Waals surface area contributed by atoms with Crippen molar-refractivity contribution in [1.29, 1.82) is 5.41 Å². The molecule has 1 rings (SSSR count). The third-order valence-electron chi connectivity index (χ3n) is 1.92. The molecule has 82 valence electrons. The zero-order valence-electron chi connectivity index (χ0n) is 8.82. The Labute approximate surface area is 94.5 Å². The monoisotopic (exact) mass is 224 g/mol. The van der Waals surface area contributed by atoms with Crippen LogP contribution in [0.2, 0.25) is 0 Å². The molecular formula is C11H16N2OS. The van der Waals surface area contributed by atoms with E-state index in [1.165, 1.54) is 0 Å². The highest BCUT2D eigenvalue weighted by Crippen LogP contribution is 2.26. The molecule has 0 aromatic heterocycles. The first-order valence-corrected chi connectivity index (χ1v) is 6.05. The summed E-state index contributed by atoms with van der Waals surface area (Å²) in [5, 5.41) is 7.07. The van der Waals surface area contributed by atoms with Gasteiger partial charge in [-0.3, -0.25) is 5.41 Å². The number of thioether (sulfide) groups is 1. The SMILES string of the molecule is CSc1ccccc1OCCCC(=N)N. The van der Waals surface area contributed by atoms with E-state index in [9.17, 15) is 0 Å². The third-order valence-corrected chi connectivity index (χ3v) is 2.69. The van der Waals surface area contributed by atoms with Crippen LogP contribution in [0.15, 0.2) is 29.2 Å². The molecule has 0 bridgehead atoms. The first-order chi connectivity index (χ1) is 7.24. The van der Waals surface area contributed by atoms with Crippen molar-refractivity contribution < 1.29 is 4.74 Å².